The Balaban J connectivity index is 2.35. The zero-order valence-corrected chi connectivity index (χ0v) is 10.8. The van der Waals surface area contributed by atoms with Crippen LogP contribution in [0.15, 0.2) is 30.5 Å². The van der Waals surface area contributed by atoms with Gasteiger partial charge in [0.2, 0.25) is 0 Å². The molecule has 2 rings (SSSR count). The molecule has 1 aromatic carbocycles. The molecule has 2 aromatic rings. The molecule has 0 radical (unpaired) electrons. The molecule has 1 amide bonds. The number of hydrogen-bond donors (Lipinski definition) is 2. The lowest BCUT2D eigenvalue weighted by Gasteiger charge is -2.06. The van der Waals surface area contributed by atoms with Crippen molar-refractivity contribution in [1.29, 1.82) is 0 Å². The van der Waals surface area contributed by atoms with E-state index in [9.17, 15) is 9.18 Å². The summed E-state index contributed by atoms with van der Waals surface area (Å²) in [5.41, 5.74) is 1.69. The fourth-order valence-corrected chi connectivity index (χ4v) is 1.79. The molecule has 0 unspecified atom stereocenters. The summed E-state index contributed by atoms with van der Waals surface area (Å²) in [5, 5.41) is 9.56. The Morgan fingerprint density at radius 1 is 1.37 bits per heavy atom. The highest BCUT2D eigenvalue weighted by Crippen LogP contribution is 2.13. The Hall–Kier alpha value is -2.21. The molecule has 0 saturated carbocycles. The molecule has 0 fully saturated rings. The summed E-state index contributed by atoms with van der Waals surface area (Å²) < 4.78 is 15.0. The van der Waals surface area contributed by atoms with Crippen LogP contribution in [0.2, 0.25) is 0 Å². The first-order chi connectivity index (χ1) is 9.13. The third-order valence-corrected chi connectivity index (χ3v) is 2.64. The van der Waals surface area contributed by atoms with Crippen molar-refractivity contribution >= 4 is 5.91 Å². The quantitative estimate of drug-likeness (QED) is 0.867. The number of benzene rings is 1. The number of carbonyl (C=O) groups excluding carboxylic acids is 1. The molecule has 0 atom stereocenters. The lowest BCUT2D eigenvalue weighted by molar-refractivity contribution is 0.0957. The average Bonchev–Trinajstić information content (AvgIpc) is 2.87. The molecular weight excluding hydrogens is 247 g/mol. The smallest absolute Gasteiger partial charge is 0.271 e. The molecule has 5 nitrogen and oxygen atoms in total. The van der Waals surface area contributed by atoms with Crippen LogP contribution in [0.5, 0.6) is 0 Å². The van der Waals surface area contributed by atoms with E-state index in [4.69, 9.17) is 0 Å². The van der Waals surface area contributed by atoms with Crippen molar-refractivity contribution in [3.05, 3.63) is 47.5 Å². The van der Waals surface area contributed by atoms with Gasteiger partial charge in [-0.2, -0.15) is 5.10 Å². The summed E-state index contributed by atoms with van der Waals surface area (Å²) >= 11 is 0. The Labute approximate surface area is 110 Å². The van der Waals surface area contributed by atoms with Crippen molar-refractivity contribution in [2.24, 2.45) is 0 Å². The van der Waals surface area contributed by atoms with E-state index in [0.717, 1.165) is 5.56 Å². The fraction of sp³-hybridized carbons (Fsp3) is 0.231. The molecular formula is C13H15FN4O. The molecule has 6 heteroatoms. The predicted octanol–water partition coefficient (Wildman–Crippen LogP) is 1.09. The standard InChI is InChI=1S/C13H15FN4O/c1-15-8-9-5-10(14)7-11(6-9)18-4-3-12(17-18)13(19)16-2/h3-7,15H,8H2,1-2H3,(H,16,19). The van der Waals surface area contributed by atoms with Gasteiger partial charge in [-0.3, -0.25) is 4.79 Å². The highest BCUT2D eigenvalue weighted by Gasteiger charge is 2.09. The van der Waals surface area contributed by atoms with Crippen molar-refractivity contribution in [3.63, 3.8) is 0 Å². The Morgan fingerprint density at radius 2 is 2.16 bits per heavy atom. The summed E-state index contributed by atoms with van der Waals surface area (Å²) in [5.74, 6) is -0.606. The topological polar surface area (TPSA) is 59.0 Å². The highest BCUT2D eigenvalue weighted by atomic mass is 19.1. The van der Waals surface area contributed by atoms with Crippen LogP contribution in [0.4, 0.5) is 4.39 Å². The lowest BCUT2D eigenvalue weighted by atomic mass is 10.2. The van der Waals surface area contributed by atoms with Crippen LogP contribution < -0.4 is 10.6 Å². The van der Waals surface area contributed by atoms with E-state index in [1.165, 1.54) is 23.9 Å². The minimum absolute atomic E-state index is 0.273. The van der Waals surface area contributed by atoms with Gasteiger partial charge in [-0.25, -0.2) is 9.07 Å². The Morgan fingerprint density at radius 3 is 2.84 bits per heavy atom. The van der Waals surface area contributed by atoms with Gasteiger partial charge in [0.25, 0.3) is 5.91 Å². The fourth-order valence-electron chi connectivity index (χ4n) is 1.79. The van der Waals surface area contributed by atoms with Gasteiger partial charge < -0.3 is 10.6 Å². The van der Waals surface area contributed by atoms with Gasteiger partial charge >= 0.3 is 0 Å². The number of aromatic nitrogens is 2. The van der Waals surface area contributed by atoms with Crippen molar-refractivity contribution in [2.75, 3.05) is 14.1 Å². The molecule has 0 aliphatic rings. The monoisotopic (exact) mass is 262 g/mol. The normalized spacial score (nSPS) is 10.5. The Kier molecular flexibility index (Phi) is 3.91. The maximum absolute atomic E-state index is 13.5. The second-order valence-electron chi connectivity index (χ2n) is 4.07. The van der Waals surface area contributed by atoms with Crippen molar-refractivity contribution in [3.8, 4) is 5.69 Å². The van der Waals surface area contributed by atoms with Crippen LogP contribution in [0, 0.1) is 5.82 Å². The highest BCUT2D eigenvalue weighted by molar-refractivity contribution is 5.91. The summed E-state index contributed by atoms with van der Waals surface area (Å²) in [6.45, 7) is 0.564. The summed E-state index contributed by atoms with van der Waals surface area (Å²) in [4.78, 5) is 11.4. The zero-order valence-electron chi connectivity index (χ0n) is 10.8. The SMILES string of the molecule is CNCc1cc(F)cc(-n2ccc(C(=O)NC)n2)c1. The second kappa shape index (κ2) is 5.62. The van der Waals surface area contributed by atoms with Crippen LogP contribution >= 0.6 is 0 Å². The minimum Gasteiger partial charge on any atom is -0.354 e. The van der Waals surface area contributed by atoms with Crippen LogP contribution in [-0.4, -0.2) is 29.8 Å². The summed E-state index contributed by atoms with van der Waals surface area (Å²) in [6, 6.07) is 6.24. The van der Waals surface area contributed by atoms with Crippen molar-refractivity contribution in [2.45, 2.75) is 6.54 Å². The number of rotatable bonds is 4. The van der Waals surface area contributed by atoms with Gasteiger partial charge in [0.05, 0.1) is 5.69 Å². The van der Waals surface area contributed by atoms with E-state index in [-0.39, 0.29) is 11.7 Å². The van der Waals surface area contributed by atoms with Crippen LogP contribution in [0.1, 0.15) is 16.1 Å². The minimum atomic E-state index is -0.334. The van der Waals surface area contributed by atoms with Crippen molar-refractivity contribution < 1.29 is 9.18 Å². The number of carbonyl (C=O) groups is 1. The van der Waals surface area contributed by atoms with E-state index in [1.54, 1.807) is 19.3 Å². The van der Waals surface area contributed by atoms with Crippen LogP contribution in [0.3, 0.4) is 0 Å². The third-order valence-electron chi connectivity index (χ3n) is 2.64. The van der Waals surface area contributed by atoms with Crippen molar-refractivity contribution in [1.82, 2.24) is 20.4 Å². The maximum Gasteiger partial charge on any atom is 0.271 e. The van der Waals surface area contributed by atoms with Crippen LogP contribution in [-0.2, 0) is 6.54 Å². The second-order valence-corrected chi connectivity index (χ2v) is 4.07. The first-order valence-electron chi connectivity index (χ1n) is 5.86. The van der Waals surface area contributed by atoms with Crippen LogP contribution in [0.25, 0.3) is 5.69 Å². The summed E-state index contributed by atoms with van der Waals surface area (Å²) in [6.07, 6.45) is 1.63. The molecule has 0 saturated heterocycles. The van der Waals surface area contributed by atoms with E-state index >= 15 is 0 Å². The zero-order chi connectivity index (χ0) is 13.8. The number of nitrogens with one attached hydrogen (secondary N) is 2. The molecule has 0 spiro atoms. The molecule has 1 aromatic heterocycles. The number of amides is 1. The maximum atomic E-state index is 13.5. The van der Waals surface area contributed by atoms with E-state index in [0.29, 0.717) is 17.9 Å². The number of nitrogens with zero attached hydrogens (tertiary/aromatic N) is 2. The van der Waals surface area contributed by atoms with Gasteiger partial charge in [0, 0.05) is 19.8 Å². The molecule has 0 aliphatic carbocycles. The van der Waals surface area contributed by atoms with Gasteiger partial charge in [-0.1, -0.05) is 0 Å². The lowest BCUT2D eigenvalue weighted by Crippen LogP contribution is -2.18. The molecule has 0 bridgehead atoms. The van der Waals surface area contributed by atoms with Gasteiger partial charge in [0.15, 0.2) is 5.69 Å². The van der Waals surface area contributed by atoms with Gasteiger partial charge in [-0.15, -0.1) is 0 Å². The largest absolute Gasteiger partial charge is 0.354 e. The molecule has 1 heterocycles. The van der Waals surface area contributed by atoms with Gasteiger partial charge in [0.1, 0.15) is 5.82 Å². The molecule has 100 valence electrons. The van der Waals surface area contributed by atoms with E-state index < -0.39 is 0 Å². The third kappa shape index (κ3) is 2.97. The predicted molar refractivity (Wildman–Crippen MR) is 69.7 cm³/mol. The Bertz CT molecular complexity index is 594. The van der Waals surface area contributed by atoms with E-state index in [2.05, 4.69) is 15.7 Å². The van der Waals surface area contributed by atoms with E-state index in [1.807, 2.05) is 6.07 Å². The first-order valence-corrected chi connectivity index (χ1v) is 5.86. The first kappa shape index (κ1) is 13.2. The molecule has 19 heavy (non-hydrogen) atoms. The number of halogens is 1. The molecule has 2 N–H and O–H groups in total. The number of hydrogen-bond acceptors (Lipinski definition) is 3. The average molecular weight is 262 g/mol. The summed E-state index contributed by atoms with van der Waals surface area (Å²) in [7, 11) is 3.33. The molecule has 0 aliphatic heterocycles. The van der Waals surface area contributed by atoms with Gasteiger partial charge in [-0.05, 0) is 36.9 Å².